The maximum atomic E-state index is 12.1. The van der Waals surface area contributed by atoms with Crippen LogP contribution >= 0.6 is 11.8 Å². The van der Waals surface area contributed by atoms with Crippen LogP contribution < -0.4 is 0 Å². The molecule has 0 aliphatic carbocycles. The zero-order valence-corrected chi connectivity index (χ0v) is 9.67. The maximum Gasteiger partial charge on any atom is 0.446 e. The first kappa shape index (κ1) is 12.4. The van der Waals surface area contributed by atoms with Gasteiger partial charge in [-0.1, -0.05) is 26.0 Å². The van der Waals surface area contributed by atoms with E-state index in [1.54, 1.807) is 19.1 Å². The maximum absolute atomic E-state index is 12.1. The predicted octanol–water partition coefficient (Wildman–Crippen LogP) is 4.73. The monoisotopic (exact) mass is 234 g/mol. The second-order valence-electron chi connectivity index (χ2n) is 3.73. The van der Waals surface area contributed by atoms with E-state index in [4.69, 9.17) is 0 Å². The van der Waals surface area contributed by atoms with E-state index in [0.29, 0.717) is 11.5 Å². The average molecular weight is 234 g/mol. The molecule has 0 amide bonds. The van der Waals surface area contributed by atoms with Crippen LogP contribution in [0.2, 0.25) is 0 Å². The van der Waals surface area contributed by atoms with Crippen LogP contribution in [-0.2, 0) is 0 Å². The van der Waals surface area contributed by atoms with Crippen molar-refractivity contribution in [2.75, 3.05) is 0 Å². The van der Waals surface area contributed by atoms with Crippen LogP contribution in [0.4, 0.5) is 13.2 Å². The van der Waals surface area contributed by atoms with Gasteiger partial charge in [-0.2, -0.15) is 13.2 Å². The molecule has 4 heteroatoms. The van der Waals surface area contributed by atoms with E-state index in [1.165, 1.54) is 0 Å². The lowest BCUT2D eigenvalue weighted by Gasteiger charge is -2.11. The molecule has 0 nitrogen and oxygen atoms in total. The molecule has 1 aromatic carbocycles. The van der Waals surface area contributed by atoms with E-state index >= 15 is 0 Å². The Bertz CT molecular complexity index is 342. The van der Waals surface area contributed by atoms with E-state index in [9.17, 15) is 13.2 Å². The quantitative estimate of drug-likeness (QED) is 0.666. The van der Waals surface area contributed by atoms with Crippen LogP contribution in [0.3, 0.4) is 0 Å². The molecule has 84 valence electrons. The number of hydrogen-bond donors (Lipinski definition) is 0. The van der Waals surface area contributed by atoms with Gasteiger partial charge in [0.2, 0.25) is 0 Å². The minimum absolute atomic E-state index is 0.0522. The van der Waals surface area contributed by atoms with Gasteiger partial charge in [0.15, 0.2) is 0 Å². The summed E-state index contributed by atoms with van der Waals surface area (Å²) in [5, 5.41) is 0. The van der Waals surface area contributed by atoms with Gasteiger partial charge >= 0.3 is 5.51 Å². The van der Waals surface area contributed by atoms with Gasteiger partial charge in [-0.3, -0.25) is 0 Å². The van der Waals surface area contributed by atoms with E-state index in [2.05, 4.69) is 0 Å². The SMILES string of the molecule is Cc1cc(C(C)C)ccc1SC(F)(F)F. The first-order chi connectivity index (χ1) is 6.79. The molecule has 0 bridgehead atoms. The van der Waals surface area contributed by atoms with E-state index < -0.39 is 5.51 Å². The largest absolute Gasteiger partial charge is 0.446 e. The van der Waals surface area contributed by atoms with Crippen LogP contribution in [-0.4, -0.2) is 5.51 Å². The van der Waals surface area contributed by atoms with Crippen LogP contribution in [0, 0.1) is 6.92 Å². The third kappa shape index (κ3) is 3.78. The van der Waals surface area contributed by atoms with Crippen molar-refractivity contribution < 1.29 is 13.2 Å². The number of thioether (sulfide) groups is 1. The van der Waals surface area contributed by atoms with Crippen molar-refractivity contribution in [1.82, 2.24) is 0 Å². The second kappa shape index (κ2) is 4.47. The molecular weight excluding hydrogens is 221 g/mol. The molecule has 0 saturated heterocycles. The highest BCUT2D eigenvalue weighted by molar-refractivity contribution is 8.00. The van der Waals surface area contributed by atoms with Gasteiger partial charge in [0.1, 0.15) is 0 Å². The van der Waals surface area contributed by atoms with Crippen LogP contribution in [0.15, 0.2) is 23.1 Å². The number of rotatable bonds is 2. The molecule has 0 aromatic heterocycles. The van der Waals surface area contributed by atoms with Gasteiger partial charge in [-0.05, 0) is 41.8 Å². The first-order valence-corrected chi connectivity index (χ1v) is 5.47. The third-order valence-corrected chi connectivity index (χ3v) is 3.00. The van der Waals surface area contributed by atoms with Crippen molar-refractivity contribution in [2.45, 2.75) is 37.1 Å². The molecule has 1 aromatic rings. The number of aryl methyl sites for hydroxylation is 1. The molecule has 0 heterocycles. The lowest BCUT2D eigenvalue weighted by atomic mass is 10.0. The summed E-state index contributed by atoms with van der Waals surface area (Å²) in [6.07, 6.45) is 0. The Morgan fingerprint density at radius 3 is 2.20 bits per heavy atom. The van der Waals surface area contributed by atoms with Gasteiger partial charge in [0.25, 0.3) is 0 Å². The molecule has 0 atom stereocenters. The van der Waals surface area contributed by atoms with E-state index in [0.717, 1.165) is 5.56 Å². The van der Waals surface area contributed by atoms with Crippen LogP contribution in [0.1, 0.15) is 30.9 Å². The zero-order valence-electron chi connectivity index (χ0n) is 8.85. The highest BCUT2D eigenvalue weighted by Gasteiger charge is 2.29. The molecule has 1 rings (SSSR count). The fourth-order valence-corrected chi connectivity index (χ4v) is 1.88. The standard InChI is InChI=1S/C11H13F3S/c1-7(2)9-4-5-10(8(3)6-9)15-11(12,13)14/h4-7H,1-3H3. The second-order valence-corrected chi connectivity index (χ2v) is 4.83. The van der Waals surface area contributed by atoms with Crippen molar-refractivity contribution in [2.24, 2.45) is 0 Å². The molecule has 0 unspecified atom stereocenters. The van der Waals surface area contributed by atoms with Crippen molar-refractivity contribution >= 4 is 11.8 Å². The molecule has 0 saturated carbocycles. The number of hydrogen-bond acceptors (Lipinski definition) is 1. The highest BCUT2D eigenvalue weighted by atomic mass is 32.2. The molecule has 0 aliphatic heterocycles. The molecule has 0 fully saturated rings. The van der Waals surface area contributed by atoms with Crippen LogP contribution in [0.5, 0.6) is 0 Å². The number of benzene rings is 1. The summed E-state index contributed by atoms with van der Waals surface area (Å²) in [5.74, 6) is 0.341. The normalized spacial score (nSPS) is 12.2. The lowest BCUT2D eigenvalue weighted by Crippen LogP contribution is -2.00. The summed E-state index contributed by atoms with van der Waals surface area (Å²) >= 11 is -0.0522. The van der Waals surface area contributed by atoms with Crippen molar-refractivity contribution in [3.8, 4) is 0 Å². The van der Waals surface area contributed by atoms with Gasteiger partial charge < -0.3 is 0 Å². The third-order valence-electron chi connectivity index (χ3n) is 2.09. The van der Waals surface area contributed by atoms with Gasteiger partial charge in [0, 0.05) is 4.90 Å². The summed E-state index contributed by atoms with van der Waals surface area (Å²) in [6, 6.07) is 5.12. The molecule has 0 spiro atoms. The molecule has 15 heavy (non-hydrogen) atoms. The topological polar surface area (TPSA) is 0 Å². The Balaban J connectivity index is 2.94. The Morgan fingerprint density at radius 2 is 1.80 bits per heavy atom. The van der Waals surface area contributed by atoms with E-state index in [-0.39, 0.29) is 16.7 Å². The number of alkyl halides is 3. The summed E-state index contributed by atoms with van der Waals surface area (Å²) in [6.45, 7) is 5.75. The smallest absolute Gasteiger partial charge is 0.160 e. The molecule has 0 aliphatic rings. The zero-order chi connectivity index (χ0) is 11.6. The summed E-state index contributed by atoms with van der Waals surface area (Å²) in [7, 11) is 0. The Morgan fingerprint density at radius 1 is 1.20 bits per heavy atom. The minimum atomic E-state index is -4.20. The Hall–Kier alpha value is -0.640. The van der Waals surface area contributed by atoms with Crippen molar-refractivity contribution in [3.63, 3.8) is 0 Å². The summed E-state index contributed by atoms with van der Waals surface area (Å²) in [4.78, 5) is 0.284. The van der Waals surface area contributed by atoms with Crippen molar-refractivity contribution in [3.05, 3.63) is 29.3 Å². The minimum Gasteiger partial charge on any atom is -0.160 e. The van der Waals surface area contributed by atoms with E-state index in [1.807, 2.05) is 19.9 Å². The highest BCUT2D eigenvalue weighted by Crippen LogP contribution is 2.38. The van der Waals surface area contributed by atoms with Gasteiger partial charge in [-0.15, -0.1) is 0 Å². The Kier molecular flexibility index (Phi) is 3.71. The summed E-state index contributed by atoms with van der Waals surface area (Å²) < 4.78 is 36.4. The fraction of sp³-hybridized carbons (Fsp3) is 0.455. The molecule has 0 radical (unpaired) electrons. The van der Waals surface area contributed by atoms with Crippen LogP contribution in [0.25, 0.3) is 0 Å². The first-order valence-electron chi connectivity index (χ1n) is 4.66. The average Bonchev–Trinajstić information content (AvgIpc) is 2.05. The van der Waals surface area contributed by atoms with Gasteiger partial charge in [0.05, 0.1) is 0 Å². The van der Waals surface area contributed by atoms with Crippen molar-refractivity contribution in [1.29, 1.82) is 0 Å². The molecule has 0 N–H and O–H groups in total. The number of halogens is 3. The molecular formula is C11H13F3S. The lowest BCUT2D eigenvalue weighted by molar-refractivity contribution is -0.0328. The van der Waals surface area contributed by atoms with Gasteiger partial charge in [-0.25, -0.2) is 0 Å². The predicted molar refractivity (Wildman–Crippen MR) is 57.2 cm³/mol. The summed E-state index contributed by atoms with van der Waals surface area (Å²) in [5.41, 5.74) is -2.45. The fourth-order valence-electron chi connectivity index (χ4n) is 1.27. The Labute approximate surface area is 91.9 Å².